The standard InChI is InChI=1S/C18H15O6PS3.Na/c19-26(20)16-7-1-4-13(10-16)25(14-5-2-8-17(11-14)27(21)22)15-6-3-9-18(12-15)28(23)24;/h1-9H,10-12H2;. The van der Waals surface area contributed by atoms with Crippen molar-refractivity contribution < 1.29 is 25.3 Å². The molecule has 0 saturated carbocycles. The number of allylic oxidation sites excluding steroid dienone is 12. The van der Waals surface area contributed by atoms with E-state index < -0.39 is 38.8 Å². The summed E-state index contributed by atoms with van der Waals surface area (Å²) in [5.74, 6) is 0. The maximum absolute atomic E-state index is 11.4. The molecule has 3 aliphatic carbocycles. The molecule has 0 atom stereocenters. The van der Waals surface area contributed by atoms with E-state index in [-0.39, 0.29) is 63.4 Å². The van der Waals surface area contributed by atoms with Crippen LogP contribution in [0.1, 0.15) is 19.3 Å². The summed E-state index contributed by atoms with van der Waals surface area (Å²) in [7, 11) is -8.28. The fraction of sp³-hybridized carbons (Fsp3) is 0.167. The fourth-order valence-corrected chi connectivity index (χ4v) is 7.55. The molecule has 6 nitrogen and oxygen atoms in total. The number of hydrogen-bond donors (Lipinski definition) is 0. The zero-order chi connectivity index (χ0) is 20.3. The first-order valence-corrected chi connectivity index (χ1v) is 12.7. The molecule has 0 bridgehead atoms. The average molecular weight is 477 g/mol. The monoisotopic (exact) mass is 477 g/mol. The van der Waals surface area contributed by atoms with Crippen molar-refractivity contribution in [2.45, 2.75) is 19.3 Å². The average Bonchev–Trinajstić information content (AvgIpc) is 2.69. The van der Waals surface area contributed by atoms with Crippen LogP contribution in [-0.4, -0.2) is 69.4 Å². The van der Waals surface area contributed by atoms with Crippen LogP contribution >= 0.6 is 7.92 Å². The molecule has 0 N–H and O–H groups in total. The maximum atomic E-state index is 11.4. The van der Waals surface area contributed by atoms with Crippen molar-refractivity contribution in [3.05, 3.63) is 70.6 Å². The van der Waals surface area contributed by atoms with Gasteiger partial charge in [0.05, 0.1) is 14.6 Å². The minimum absolute atomic E-state index is 0. The van der Waals surface area contributed by atoms with Crippen LogP contribution in [0.25, 0.3) is 0 Å². The third-order valence-electron chi connectivity index (χ3n) is 4.28. The molecule has 0 amide bonds. The SMILES string of the molecule is O=S(=O)=C1C=CC=C(P(C2=CC=CC(=S(=O)=O)C2)C2=CC=CC(=S(=O)=O)C2)C1.[Na]. The van der Waals surface area contributed by atoms with Crippen LogP contribution < -0.4 is 0 Å². The van der Waals surface area contributed by atoms with Crippen LogP contribution in [0.4, 0.5) is 0 Å². The van der Waals surface area contributed by atoms with E-state index >= 15 is 0 Å². The second-order valence-corrected chi connectivity index (χ2v) is 11.4. The minimum Gasteiger partial charge on any atom is -0.184 e. The molecule has 0 fully saturated rings. The molecule has 0 heterocycles. The number of hydrogen-bond acceptors (Lipinski definition) is 6. The van der Waals surface area contributed by atoms with Crippen molar-refractivity contribution >= 4 is 83.0 Å². The molecule has 0 aromatic rings. The van der Waals surface area contributed by atoms with Crippen LogP contribution in [0.2, 0.25) is 0 Å². The molecule has 147 valence electrons. The van der Waals surface area contributed by atoms with Crippen LogP contribution in [0, 0.1) is 0 Å². The summed E-state index contributed by atoms with van der Waals surface area (Å²) in [6, 6.07) is 0. The topological polar surface area (TPSA) is 102 Å². The molecule has 3 rings (SSSR count). The van der Waals surface area contributed by atoms with Gasteiger partial charge in [0.15, 0.2) is 0 Å². The first kappa shape index (κ1) is 24.2. The van der Waals surface area contributed by atoms with Gasteiger partial charge in [0.25, 0.3) is 0 Å². The molecule has 11 heteroatoms. The first-order valence-electron chi connectivity index (χ1n) is 8.14. The third-order valence-corrected chi connectivity index (χ3v) is 9.05. The second kappa shape index (κ2) is 10.8. The molecule has 0 aliphatic heterocycles. The molecule has 0 spiro atoms. The van der Waals surface area contributed by atoms with Crippen molar-refractivity contribution in [3.63, 3.8) is 0 Å². The van der Waals surface area contributed by atoms with Crippen molar-refractivity contribution in [1.29, 1.82) is 0 Å². The van der Waals surface area contributed by atoms with Gasteiger partial charge in [-0.15, -0.1) is 0 Å². The van der Waals surface area contributed by atoms with Gasteiger partial charge in [0.2, 0.25) is 30.9 Å². The van der Waals surface area contributed by atoms with Crippen LogP contribution in [-0.2, 0) is 30.9 Å². The Morgan fingerprint density at radius 3 is 1.07 bits per heavy atom. The summed E-state index contributed by atoms with van der Waals surface area (Å²) in [4.78, 5) is 0.742. The van der Waals surface area contributed by atoms with Crippen molar-refractivity contribution in [2.24, 2.45) is 0 Å². The summed E-state index contributed by atoms with van der Waals surface area (Å²) in [6.45, 7) is 0. The summed E-state index contributed by atoms with van der Waals surface area (Å²) in [6.07, 6.45) is 15.7. The zero-order valence-corrected chi connectivity index (χ0v) is 20.8. The van der Waals surface area contributed by atoms with E-state index in [4.69, 9.17) is 0 Å². The van der Waals surface area contributed by atoms with Gasteiger partial charge < -0.3 is 0 Å². The quantitative estimate of drug-likeness (QED) is 0.349. The van der Waals surface area contributed by atoms with E-state index in [9.17, 15) is 25.3 Å². The van der Waals surface area contributed by atoms with Gasteiger partial charge >= 0.3 is 0 Å². The number of rotatable bonds is 3. The van der Waals surface area contributed by atoms with Crippen LogP contribution in [0.3, 0.4) is 0 Å². The predicted octanol–water partition coefficient (Wildman–Crippen LogP) is 1.77. The Kier molecular flexibility index (Phi) is 9.03. The predicted molar refractivity (Wildman–Crippen MR) is 120 cm³/mol. The Bertz CT molecular complexity index is 1150. The first-order chi connectivity index (χ1) is 13.4. The van der Waals surface area contributed by atoms with Crippen molar-refractivity contribution in [2.75, 3.05) is 0 Å². The molecule has 3 aliphatic rings. The summed E-state index contributed by atoms with van der Waals surface area (Å²) in [5.41, 5.74) is 0. The normalized spacial score (nSPS) is 18.1. The summed E-state index contributed by atoms with van der Waals surface area (Å²) >= 11 is 0. The van der Waals surface area contributed by atoms with E-state index in [0.29, 0.717) is 0 Å². The van der Waals surface area contributed by atoms with Crippen LogP contribution in [0.5, 0.6) is 0 Å². The van der Waals surface area contributed by atoms with Gasteiger partial charge in [-0.25, -0.2) is 0 Å². The van der Waals surface area contributed by atoms with E-state index in [1.54, 1.807) is 18.2 Å². The van der Waals surface area contributed by atoms with Crippen LogP contribution in [0.15, 0.2) is 70.6 Å². The van der Waals surface area contributed by atoms with Crippen molar-refractivity contribution in [3.8, 4) is 0 Å². The second-order valence-electron chi connectivity index (χ2n) is 6.02. The molecule has 0 unspecified atom stereocenters. The van der Waals surface area contributed by atoms with Gasteiger partial charge in [0.1, 0.15) is 0 Å². The van der Waals surface area contributed by atoms with E-state index in [1.165, 1.54) is 18.2 Å². The largest absolute Gasteiger partial charge is 0.217 e. The Morgan fingerprint density at radius 2 is 0.828 bits per heavy atom. The Balaban J connectivity index is 0.00000300. The molecule has 1 radical (unpaired) electrons. The molecule has 0 aromatic heterocycles. The van der Waals surface area contributed by atoms with Gasteiger partial charge in [-0.1, -0.05) is 36.5 Å². The third kappa shape index (κ3) is 5.98. The van der Waals surface area contributed by atoms with E-state index in [2.05, 4.69) is 0 Å². The summed E-state index contributed by atoms with van der Waals surface area (Å²) in [5, 5.41) is 2.52. The molecule has 29 heavy (non-hydrogen) atoms. The van der Waals surface area contributed by atoms with Gasteiger partial charge in [-0.05, 0) is 42.1 Å². The Labute approximate surface area is 196 Å². The van der Waals surface area contributed by atoms with E-state index in [1.807, 2.05) is 18.2 Å². The zero-order valence-electron chi connectivity index (χ0n) is 15.4. The Morgan fingerprint density at radius 1 is 0.552 bits per heavy atom. The van der Waals surface area contributed by atoms with Gasteiger partial charge in [-0.2, -0.15) is 25.3 Å². The Hall–Kier alpha value is -1.06. The maximum Gasteiger partial charge on any atom is 0.217 e. The van der Waals surface area contributed by atoms with E-state index in [0.717, 1.165) is 15.9 Å². The van der Waals surface area contributed by atoms with Gasteiger partial charge in [-0.3, -0.25) is 0 Å². The minimum atomic E-state index is -2.35. The molecular formula is C18H15NaO6PS3. The molecular weight excluding hydrogens is 462 g/mol. The van der Waals surface area contributed by atoms with Crippen molar-refractivity contribution in [1.82, 2.24) is 0 Å². The molecule has 0 saturated heterocycles. The molecule has 0 aromatic carbocycles. The smallest absolute Gasteiger partial charge is 0.184 e. The van der Waals surface area contributed by atoms with Gasteiger partial charge in [0, 0.05) is 48.8 Å². The summed E-state index contributed by atoms with van der Waals surface area (Å²) < 4.78 is 68.6. The fourth-order valence-electron chi connectivity index (χ4n) is 3.05.